The van der Waals surface area contributed by atoms with Crippen molar-refractivity contribution in [2.24, 2.45) is 5.41 Å². The molecule has 1 N–H and O–H groups in total. The first kappa shape index (κ1) is 12.9. The number of methoxy groups -OCH3 is 1. The molecular formula is C12H21N3O. The van der Waals surface area contributed by atoms with Crippen molar-refractivity contribution in [1.82, 2.24) is 9.97 Å². The fraction of sp³-hybridized carbons (Fsp3) is 0.667. The zero-order chi connectivity index (χ0) is 12.0. The number of aromatic nitrogens is 2. The van der Waals surface area contributed by atoms with E-state index >= 15 is 0 Å². The van der Waals surface area contributed by atoms with Gasteiger partial charge in [-0.2, -0.15) is 0 Å². The Hall–Kier alpha value is -1.16. The Morgan fingerprint density at radius 2 is 2.12 bits per heavy atom. The van der Waals surface area contributed by atoms with Crippen LogP contribution >= 0.6 is 0 Å². The molecule has 4 nitrogen and oxygen atoms in total. The molecule has 0 aliphatic carbocycles. The standard InChI is InChI=1S/C12H21N3O/c1-12(2,3)9-10-5-6-13-11(15-10)14-7-8-16-4/h5-6H,7-9H2,1-4H3,(H,13,14,15). The summed E-state index contributed by atoms with van der Waals surface area (Å²) in [6.45, 7) is 8.00. The third-order valence-electron chi connectivity index (χ3n) is 2.01. The minimum absolute atomic E-state index is 0.248. The monoisotopic (exact) mass is 223 g/mol. The summed E-state index contributed by atoms with van der Waals surface area (Å²) in [5.74, 6) is 0.679. The molecule has 0 saturated heterocycles. The molecule has 0 aliphatic heterocycles. The first-order chi connectivity index (χ1) is 7.51. The maximum absolute atomic E-state index is 4.96. The summed E-state index contributed by atoms with van der Waals surface area (Å²) in [4.78, 5) is 8.62. The lowest BCUT2D eigenvalue weighted by molar-refractivity contribution is 0.210. The first-order valence-electron chi connectivity index (χ1n) is 5.56. The quantitative estimate of drug-likeness (QED) is 0.777. The van der Waals surface area contributed by atoms with Gasteiger partial charge in [-0.25, -0.2) is 9.97 Å². The molecule has 0 aliphatic rings. The maximum atomic E-state index is 4.96. The third-order valence-corrected chi connectivity index (χ3v) is 2.01. The van der Waals surface area contributed by atoms with Gasteiger partial charge in [-0.1, -0.05) is 20.8 Å². The molecule has 0 atom stereocenters. The van der Waals surface area contributed by atoms with Gasteiger partial charge in [0.25, 0.3) is 0 Å². The summed E-state index contributed by atoms with van der Waals surface area (Å²) in [6, 6.07) is 1.97. The summed E-state index contributed by atoms with van der Waals surface area (Å²) in [5, 5.41) is 3.12. The molecule has 16 heavy (non-hydrogen) atoms. The maximum Gasteiger partial charge on any atom is 0.222 e. The van der Waals surface area contributed by atoms with Crippen LogP contribution in [0.5, 0.6) is 0 Å². The lowest BCUT2D eigenvalue weighted by Gasteiger charge is -2.17. The largest absolute Gasteiger partial charge is 0.383 e. The molecule has 4 heteroatoms. The van der Waals surface area contributed by atoms with Gasteiger partial charge in [0.2, 0.25) is 5.95 Å². The van der Waals surface area contributed by atoms with Crippen molar-refractivity contribution in [1.29, 1.82) is 0 Å². The Morgan fingerprint density at radius 3 is 2.75 bits per heavy atom. The van der Waals surface area contributed by atoms with Gasteiger partial charge in [0.05, 0.1) is 6.61 Å². The lowest BCUT2D eigenvalue weighted by Crippen LogP contribution is -2.14. The molecule has 1 aromatic heterocycles. The normalized spacial score (nSPS) is 11.5. The molecule has 0 saturated carbocycles. The van der Waals surface area contributed by atoms with E-state index in [9.17, 15) is 0 Å². The Bertz CT molecular complexity index is 320. The molecule has 0 radical (unpaired) electrons. The van der Waals surface area contributed by atoms with Crippen molar-refractivity contribution in [3.63, 3.8) is 0 Å². The van der Waals surface area contributed by atoms with E-state index < -0.39 is 0 Å². The Morgan fingerprint density at radius 1 is 1.38 bits per heavy atom. The summed E-state index contributed by atoms with van der Waals surface area (Å²) < 4.78 is 4.96. The van der Waals surface area contributed by atoms with E-state index in [-0.39, 0.29) is 5.41 Å². The van der Waals surface area contributed by atoms with Crippen molar-refractivity contribution >= 4 is 5.95 Å². The number of nitrogens with one attached hydrogen (secondary N) is 1. The van der Waals surface area contributed by atoms with Gasteiger partial charge in [0.1, 0.15) is 0 Å². The second-order valence-corrected chi connectivity index (χ2v) is 5.03. The molecule has 0 unspecified atom stereocenters. The summed E-state index contributed by atoms with van der Waals surface area (Å²) in [5.41, 5.74) is 1.32. The van der Waals surface area contributed by atoms with E-state index in [1.807, 2.05) is 6.07 Å². The van der Waals surface area contributed by atoms with Gasteiger partial charge in [-0.05, 0) is 17.9 Å². The average Bonchev–Trinajstić information content (AvgIpc) is 2.16. The van der Waals surface area contributed by atoms with Crippen molar-refractivity contribution in [3.05, 3.63) is 18.0 Å². The van der Waals surface area contributed by atoms with Crippen molar-refractivity contribution in [2.45, 2.75) is 27.2 Å². The molecule has 0 bridgehead atoms. The highest BCUT2D eigenvalue weighted by Gasteiger charge is 2.12. The number of ether oxygens (including phenoxy) is 1. The molecule has 90 valence electrons. The molecule has 1 rings (SSSR count). The van der Waals surface area contributed by atoms with Gasteiger partial charge < -0.3 is 10.1 Å². The molecule has 0 amide bonds. The van der Waals surface area contributed by atoms with Crippen LogP contribution in [0.15, 0.2) is 12.3 Å². The summed E-state index contributed by atoms with van der Waals surface area (Å²) in [7, 11) is 1.68. The van der Waals surface area contributed by atoms with Crippen molar-refractivity contribution < 1.29 is 4.74 Å². The van der Waals surface area contributed by atoms with E-state index in [2.05, 4.69) is 36.1 Å². The third kappa shape index (κ3) is 5.07. The second kappa shape index (κ2) is 5.80. The minimum Gasteiger partial charge on any atom is -0.383 e. The number of rotatable bonds is 5. The van der Waals surface area contributed by atoms with Crippen LogP contribution in [-0.4, -0.2) is 30.2 Å². The van der Waals surface area contributed by atoms with Crippen molar-refractivity contribution in [2.75, 3.05) is 25.6 Å². The summed E-state index contributed by atoms with van der Waals surface area (Å²) >= 11 is 0. The second-order valence-electron chi connectivity index (χ2n) is 5.03. The molecule has 0 aromatic carbocycles. The SMILES string of the molecule is COCCNc1nccc(CC(C)(C)C)n1. The van der Waals surface area contributed by atoms with Gasteiger partial charge >= 0.3 is 0 Å². The highest BCUT2D eigenvalue weighted by atomic mass is 16.5. The first-order valence-corrected chi connectivity index (χ1v) is 5.56. The minimum atomic E-state index is 0.248. The van der Waals surface area contributed by atoms with E-state index in [1.165, 1.54) is 0 Å². The predicted octanol–water partition coefficient (Wildman–Crippen LogP) is 2.12. The number of nitrogens with zero attached hydrogens (tertiary/aromatic N) is 2. The molecular weight excluding hydrogens is 202 g/mol. The molecule has 1 aromatic rings. The fourth-order valence-corrected chi connectivity index (χ4v) is 1.39. The zero-order valence-electron chi connectivity index (χ0n) is 10.6. The fourth-order valence-electron chi connectivity index (χ4n) is 1.39. The molecule has 0 fully saturated rings. The highest BCUT2D eigenvalue weighted by Crippen LogP contribution is 2.19. The van der Waals surface area contributed by atoms with Crippen LogP contribution in [0.3, 0.4) is 0 Å². The topological polar surface area (TPSA) is 47.0 Å². The van der Waals surface area contributed by atoms with Crippen LogP contribution in [0.2, 0.25) is 0 Å². The van der Waals surface area contributed by atoms with Crippen LogP contribution in [0.25, 0.3) is 0 Å². The Balaban J connectivity index is 2.57. The van der Waals surface area contributed by atoms with E-state index in [0.717, 1.165) is 18.7 Å². The van der Waals surface area contributed by atoms with E-state index in [4.69, 9.17) is 4.74 Å². The summed E-state index contributed by atoms with van der Waals surface area (Å²) in [6.07, 6.45) is 2.75. The molecule has 1 heterocycles. The highest BCUT2D eigenvalue weighted by molar-refractivity contribution is 5.25. The van der Waals surface area contributed by atoms with E-state index in [1.54, 1.807) is 13.3 Å². The van der Waals surface area contributed by atoms with Gasteiger partial charge in [0, 0.05) is 25.5 Å². The van der Waals surface area contributed by atoms with Crippen LogP contribution in [0.4, 0.5) is 5.95 Å². The number of hydrogen-bond donors (Lipinski definition) is 1. The van der Waals surface area contributed by atoms with Crippen LogP contribution in [0, 0.1) is 5.41 Å². The number of anilines is 1. The van der Waals surface area contributed by atoms with Crippen LogP contribution in [-0.2, 0) is 11.2 Å². The Kier molecular flexibility index (Phi) is 4.68. The van der Waals surface area contributed by atoms with Gasteiger partial charge in [0.15, 0.2) is 0 Å². The lowest BCUT2D eigenvalue weighted by atomic mass is 9.90. The van der Waals surface area contributed by atoms with Gasteiger partial charge in [-0.3, -0.25) is 0 Å². The predicted molar refractivity (Wildman–Crippen MR) is 65.6 cm³/mol. The zero-order valence-corrected chi connectivity index (χ0v) is 10.6. The Labute approximate surface area is 97.5 Å². The van der Waals surface area contributed by atoms with Crippen molar-refractivity contribution in [3.8, 4) is 0 Å². The van der Waals surface area contributed by atoms with Crippen LogP contribution < -0.4 is 5.32 Å². The average molecular weight is 223 g/mol. The smallest absolute Gasteiger partial charge is 0.222 e. The molecule has 0 spiro atoms. The number of hydrogen-bond acceptors (Lipinski definition) is 4. The van der Waals surface area contributed by atoms with E-state index in [0.29, 0.717) is 12.6 Å². The van der Waals surface area contributed by atoms with Gasteiger partial charge in [-0.15, -0.1) is 0 Å². The van der Waals surface area contributed by atoms with Crippen LogP contribution in [0.1, 0.15) is 26.5 Å².